The molecule has 3 nitrogen and oxygen atoms in total. The Labute approximate surface area is 132 Å². The number of thioether (sulfide) groups is 1. The Kier molecular flexibility index (Phi) is 6.33. The number of rotatable bonds is 8. The maximum atomic E-state index is 4.28. The molecule has 1 aromatic heterocycles. The molecule has 1 aromatic carbocycles. The quantitative estimate of drug-likeness (QED) is 0.712. The molecule has 2 N–H and O–H groups in total. The van der Waals surface area contributed by atoms with Crippen LogP contribution in [0.5, 0.6) is 0 Å². The van der Waals surface area contributed by atoms with E-state index in [-0.39, 0.29) is 0 Å². The molecule has 0 spiro atoms. The lowest BCUT2D eigenvalue weighted by molar-refractivity contribution is 0.577. The first-order chi connectivity index (χ1) is 10.2. The van der Waals surface area contributed by atoms with Gasteiger partial charge in [-0.15, -0.1) is 0 Å². The van der Waals surface area contributed by atoms with Crippen LogP contribution in [-0.2, 0) is 0 Å². The lowest BCUT2D eigenvalue weighted by Crippen LogP contribution is -2.24. The molecule has 4 heteroatoms. The van der Waals surface area contributed by atoms with E-state index in [1.54, 1.807) is 18.0 Å². The Hall–Kier alpha value is -1.26. The fraction of sp³-hybridized carbons (Fsp3) is 0.471. The molecule has 0 saturated carbocycles. The van der Waals surface area contributed by atoms with Crippen molar-refractivity contribution >= 4 is 11.8 Å². The molecule has 0 radical (unpaired) electrons. The SMILES string of the molecule is CCCNC(CSc1ncc[nH]1)c1ccc(C(C)C)cc1. The van der Waals surface area contributed by atoms with Gasteiger partial charge in [0.05, 0.1) is 0 Å². The largest absolute Gasteiger partial charge is 0.340 e. The molecule has 1 heterocycles. The summed E-state index contributed by atoms with van der Waals surface area (Å²) in [7, 11) is 0. The summed E-state index contributed by atoms with van der Waals surface area (Å²) < 4.78 is 0. The van der Waals surface area contributed by atoms with Crippen LogP contribution in [0.2, 0.25) is 0 Å². The highest BCUT2D eigenvalue weighted by Crippen LogP contribution is 2.24. The summed E-state index contributed by atoms with van der Waals surface area (Å²) >= 11 is 1.76. The summed E-state index contributed by atoms with van der Waals surface area (Å²) in [5.41, 5.74) is 2.75. The second-order valence-corrected chi connectivity index (χ2v) is 6.54. The minimum atomic E-state index is 0.362. The molecular formula is C17H25N3S. The molecule has 2 rings (SSSR count). The molecule has 1 atom stereocenters. The third-order valence-electron chi connectivity index (χ3n) is 3.51. The summed E-state index contributed by atoms with van der Waals surface area (Å²) in [6.45, 7) is 7.70. The average molecular weight is 303 g/mol. The van der Waals surface area contributed by atoms with Crippen LogP contribution in [0.15, 0.2) is 41.8 Å². The molecule has 0 amide bonds. The van der Waals surface area contributed by atoms with E-state index in [4.69, 9.17) is 0 Å². The predicted octanol–water partition coefficient (Wildman–Crippen LogP) is 4.37. The van der Waals surface area contributed by atoms with Gasteiger partial charge in [-0.05, 0) is 30.0 Å². The summed E-state index contributed by atoms with van der Waals surface area (Å²) in [6.07, 6.45) is 4.81. The first kappa shape index (κ1) is 16.1. The van der Waals surface area contributed by atoms with Gasteiger partial charge in [0.1, 0.15) is 0 Å². The fourth-order valence-corrected chi connectivity index (χ4v) is 3.12. The molecule has 0 aliphatic rings. The van der Waals surface area contributed by atoms with Crippen molar-refractivity contribution < 1.29 is 0 Å². The van der Waals surface area contributed by atoms with Crippen molar-refractivity contribution in [3.8, 4) is 0 Å². The van der Waals surface area contributed by atoms with Gasteiger partial charge in [0.2, 0.25) is 0 Å². The van der Waals surface area contributed by atoms with Crippen molar-refractivity contribution in [2.45, 2.75) is 44.3 Å². The standard InChI is InChI=1S/C17H25N3S/c1-4-9-18-16(12-21-17-19-10-11-20-17)15-7-5-14(6-8-15)13(2)3/h5-8,10-11,13,16,18H,4,9,12H2,1-3H3,(H,19,20). The predicted molar refractivity (Wildman–Crippen MR) is 90.9 cm³/mol. The number of nitrogens with zero attached hydrogens (tertiary/aromatic N) is 1. The van der Waals surface area contributed by atoms with Crippen LogP contribution in [0.1, 0.15) is 50.3 Å². The topological polar surface area (TPSA) is 40.7 Å². The molecule has 1 unspecified atom stereocenters. The molecular weight excluding hydrogens is 278 g/mol. The van der Waals surface area contributed by atoms with E-state index in [9.17, 15) is 0 Å². The van der Waals surface area contributed by atoms with Crippen LogP contribution < -0.4 is 5.32 Å². The highest BCUT2D eigenvalue weighted by atomic mass is 32.2. The number of hydrogen-bond donors (Lipinski definition) is 2. The number of hydrogen-bond acceptors (Lipinski definition) is 3. The molecule has 0 aliphatic heterocycles. The van der Waals surface area contributed by atoms with Crippen molar-refractivity contribution in [3.05, 3.63) is 47.8 Å². The van der Waals surface area contributed by atoms with Crippen molar-refractivity contribution in [2.75, 3.05) is 12.3 Å². The van der Waals surface area contributed by atoms with Crippen molar-refractivity contribution in [1.29, 1.82) is 0 Å². The lowest BCUT2D eigenvalue weighted by Gasteiger charge is -2.19. The van der Waals surface area contributed by atoms with Crippen molar-refractivity contribution in [1.82, 2.24) is 15.3 Å². The smallest absolute Gasteiger partial charge is 0.165 e. The zero-order valence-corrected chi connectivity index (χ0v) is 13.9. The molecule has 114 valence electrons. The number of nitrogens with one attached hydrogen (secondary N) is 2. The summed E-state index contributed by atoms with van der Waals surface area (Å²) in [6, 6.07) is 9.37. The Bertz CT molecular complexity index is 505. The van der Waals surface area contributed by atoms with E-state index in [0.717, 1.165) is 23.9 Å². The van der Waals surface area contributed by atoms with E-state index in [1.807, 2.05) is 6.20 Å². The highest BCUT2D eigenvalue weighted by Gasteiger charge is 2.12. The van der Waals surface area contributed by atoms with Gasteiger partial charge in [-0.2, -0.15) is 0 Å². The number of imidazole rings is 1. The second-order valence-electron chi connectivity index (χ2n) is 5.53. The van der Waals surface area contributed by atoms with Crippen molar-refractivity contribution in [2.24, 2.45) is 0 Å². The van der Waals surface area contributed by atoms with Gasteiger partial charge < -0.3 is 10.3 Å². The molecule has 0 bridgehead atoms. The van der Waals surface area contributed by atoms with Gasteiger partial charge in [-0.3, -0.25) is 0 Å². The summed E-state index contributed by atoms with van der Waals surface area (Å²) in [4.78, 5) is 7.43. The second kappa shape index (κ2) is 8.25. The zero-order valence-electron chi connectivity index (χ0n) is 13.1. The van der Waals surface area contributed by atoms with Gasteiger partial charge in [-0.25, -0.2) is 4.98 Å². The third-order valence-corrected chi connectivity index (χ3v) is 4.50. The van der Waals surface area contributed by atoms with E-state index in [1.165, 1.54) is 11.1 Å². The minimum Gasteiger partial charge on any atom is -0.340 e. The average Bonchev–Trinajstić information content (AvgIpc) is 3.01. The molecule has 0 aliphatic carbocycles. The monoisotopic (exact) mass is 303 g/mol. The summed E-state index contributed by atoms with van der Waals surface area (Å²) in [5, 5.41) is 4.62. The Balaban J connectivity index is 2.03. The third kappa shape index (κ3) is 4.90. The van der Waals surface area contributed by atoms with Crippen LogP contribution in [0, 0.1) is 0 Å². The van der Waals surface area contributed by atoms with Crippen LogP contribution >= 0.6 is 11.8 Å². The maximum absolute atomic E-state index is 4.28. The minimum absolute atomic E-state index is 0.362. The Morgan fingerprint density at radius 2 is 1.90 bits per heavy atom. The van der Waals surface area contributed by atoms with Crippen LogP contribution in [-0.4, -0.2) is 22.3 Å². The van der Waals surface area contributed by atoms with Crippen LogP contribution in [0.3, 0.4) is 0 Å². The van der Waals surface area contributed by atoms with Gasteiger partial charge in [0.25, 0.3) is 0 Å². The number of benzene rings is 1. The van der Waals surface area contributed by atoms with E-state index in [0.29, 0.717) is 12.0 Å². The number of H-pyrrole nitrogens is 1. The summed E-state index contributed by atoms with van der Waals surface area (Å²) in [5.74, 6) is 1.56. The maximum Gasteiger partial charge on any atom is 0.165 e. The van der Waals surface area contributed by atoms with E-state index >= 15 is 0 Å². The first-order valence-corrected chi connectivity index (χ1v) is 8.64. The lowest BCUT2D eigenvalue weighted by atomic mass is 9.99. The highest BCUT2D eigenvalue weighted by molar-refractivity contribution is 7.99. The fourth-order valence-electron chi connectivity index (χ4n) is 2.20. The van der Waals surface area contributed by atoms with Gasteiger partial charge >= 0.3 is 0 Å². The van der Waals surface area contributed by atoms with Gasteiger partial charge in [-0.1, -0.05) is 56.8 Å². The number of aromatic amines is 1. The number of aromatic nitrogens is 2. The zero-order chi connectivity index (χ0) is 15.1. The normalized spacial score (nSPS) is 12.8. The Morgan fingerprint density at radius 1 is 1.19 bits per heavy atom. The van der Waals surface area contributed by atoms with E-state index < -0.39 is 0 Å². The van der Waals surface area contributed by atoms with Crippen molar-refractivity contribution in [3.63, 3.8) is 0 Å². The Morgan fingerprint density at radius 3 is 2.48 bits per heavy atom. The first-order valence-electron chi connectivity index (χ1n) is 7.66. The molecule has 21 heavy (non-hydrogen) atoms. The molecule has 0 fully saturated rings. The molecule has 0 saturated heterocycles. The van der Waals surface area contributed by atoms with E-state index in [2.05, 4.69) is 60.3 Å². The van der Waals surface area contributed by atoms with Gasteiger partial charge in [0, 0.05) is 24.2 Å². The van der Waals surface area contributed by atoms with Crippen LogP contribution in [0.4, 0.5) is 0 Å². The van der Waals surface area contributed by atoms with Crippen LogP contribution in [0.25, 0.3) is 0 Å². The van der Waals surface area contributed by atoms with Gasteiger partial charge in [0.15, 0.2) is 5.16 Å². The molecule has 2 aromatic rings.